The van der Waals surface area contributed by atoms with Crippen molar-refractivity contribution in [3.8, 4) is 11.4 Å². The molecule has 1 aromatic carbocycles. The predicted octanol–water partition coefficient (Wildman–Crippen LogP) is 3.46. The SMILES string of the molecule is Cc1cc(-c2nc(N)cc(C3CC3)n2)c2ccccc2n1. The second-order valence-electron chi connectivity index (χ2n) is 5.64. The number of benzene rings is 1. The van der Waals surface area contributed by atoms with E-state index >= 15 is 0 Å². The Morgan fingerprint density at radius 1 is 1.05 bits per heavy atom. The second-order valence-corrected chi connectivity index (χ2v) is 5.64. The highest BCUT2D eigenvalue weighted by atomic mass is 15.0. The number of para-hydroxylation sites is 1. The number of aryl methyl sites for hydroxylation is 1. The van der Waals surface area contributed by atoms with E-state index in [9.17, 15) is 0 Å². The van der Waals surface area contributed by atoms with Gasteiger partial charge in [0.25, 0.3) is 0 Å². The first-order valence-electron chi connectivity index (χ1n) is 7.22. The first-order valence-corrected chi connectivity index (χ1v) is 7.22. The molecule has 4 nitrogen and oxygen atoms in total. The molecule has 1 fully saturated rings. The molecule has 0 saturated heterocycles. The average Bonchev–Trinajstić information content (AvgIpc) is 3.30. The maximum absolute atomic E-state index is 5.98. The van der Waals surface area contributed by atoms with Gasteiger partial charge in [-0.3, -0.25) is 4.98 Å². The van der Waals surface area contributed by atoms with E-state index in [2.05, 4.69) is 16.0 Å². The van der Waals surface area contributed by atoms with E-state index < -0.39 is 0 Å². The van der Waals surface area contributed by atoms with Gasteiger partial charge in [0, 0.05) is 34.3 Å². The topological polar surface area (TPSA) is 64.7 Å². The number of anilines is 1. The summed E-state index contributed by atoms with van der Waals surface area (Å²) in [5.41, 5.74) is 9.98. The third kappa shape index (κ3) is 2.23. The summed E-state index contributed by atoms with van der Waals surface area (Å²) in [7, 11) is 0. The highest BCUT2D eigenvalue weighted by Crippen LogP contribution is 2.40. The molecule has 104 valence electrons. The lowest BCUT2D eigenvalue weighted by Gasteiger charge is -2.09. The molecule has 2 heterocycles. The highest BCUT2D eigenvalue weighted by Gasteiger charge is 2.26. The van der Waals surface area contributed by atoms with Gasteiger partial charge in [0.15, 0.2) is 5.82 Å². The van der Waals surface area contributed by atoms with E-state index in [1.54, 1.807) is 0 Å². The van der Waals surface area contributed by atoms with Crippen LogP contribution in [-0.4, -0.2) is 15.0 Å². The Morgan fingerprint density at radius 2 is 1.86 bits per heavy atom. The zero-order valence-electron chi connectivity index (χ0n) is 11.9. The number of aromatic nitrogens is 3. The van der Waals surface area contributed by atoms with Crippen molar-refractivity contribution in [3.63, 3.8) is 0 Å². The van der Waals surface area contributed by atoms with Crippen molar-refractivity contribution in [1.29, 1.82) is 0 Å². The normalized spacial score (nSPS) is 14.5. The van der Waals surface area contributed by atoms with Crippen LogP contribution in [0.2, 0.25) is 0 Å². The van der Waals surface area contributed by atoms with Gasteiger partial charge in [-0.2, -0.15) is 0 Å². The van der Waals surface area contributed by atoms with Gasteiger partial charge in [-0.1, -0.05) is 18.2 Å². The monoisotopic (exact) mass is 276 g/mol. The summed E-state index contributed by atoms with van der Waals surface area (Å²) in [6.45, 7) is 1.99. The van der Waals surface area contributed by atoms with Gasteiger partial charge in [-0.05, 0) is 31.9 Å². The molecule has 0 unspecified atom stereocenters. The zero-order chi connectivity index (χ0) is 14.4. The standard InChI is InChI=1S/C17H16N4/c1-10-8-13(12-4-2-3-5-14(12)19-10)17-20-15(11-6-7-11)9-16(18)21-17/h2-5,8-9,11H,6-7H2,1H3,(H2,18,20,21). The quantitative estimate of drug-likeness (QED) is 0.778. The van der Waals surface area contributed by atoms with Crippen LogP contribution in [0.1, 0.15) is 30.1 Å². The third-order valence-corrected chi connectivity index (χ3v) is 3.85. The molecule has 1 aliphatic rings. The van der Waals surface area contributed by atoms with Crippen LogP contribution >= 0.6 is 0 Å². The molecule has 0 spiro atoms. The summed E-state index contributed by atoms with van der Waals surface area (Å²) in [6, 6.07) is 12.0. The molecule has 0 bridgehead atoms. The Labute approximate surface area is 123 Å². The lowest BCUT2D eigenvalue weighted by atomic mass is 10.1. The molecule has 2 aromatic heterocycles. The molecular weight excluding hydrogens is 260 g/mol. The van der Waals surface area contributed by atoms with Crippen LogP contribution in [0.4, 0.5) is 5.82 Å². The van der Waals surface area contributed by atoms with Crippen LogP contribution in [0.15, 0.2) is 36.4 Å². The van der Waals surface area contributed by atoms with E-state index in [-0.39, 0.29) is 0 Å². The van der Waals surface area contributed by atoms with Crippen molar-refractivity contribution < 1.29 is 0 Å². The van der Waals surface area contributed by atoms with Crippen LogP contribution in [-0.2, 0) is 0 Å². The van der Waals surface area contributed by atoms with Gasteiger partial charge >= 0.3 is 0 Å². The molecular formula is C17H16N4. The van der Waals surface area contributed by atoms with Crippen molar-refractivity contribution >= 4 is 16.7 Å². The summed E-state index contributed by atoms with van der Waals surface area (Å²) in [5.74, 6) is 1.81. The van der Waals surface area contributed by atoms with Gasteiger partial charge in [-0.15, -0.1) is 0 Å². The Morgan fingerprint density at radius 3 is 2.67 bits per heavy atom. The third-order valence-electron chi connectivity index (χ3n) is 3.85. The Balaban J connectivity index is 1.97. The summed E-state index contributed by atoms with van der Waals surface area (Å²) >= 11 is 0. The van der Waals surface area contributed by atoms with E-state index in [4.69, 9.17) is 10.7 Å². The minimum absolute atomic E-state index is 0.542. The lowest BCUT2D eigenvalue weighted by Crippen LogP contribution is -2.00. The van der Waals surface area contributed by atoms with E-state index in [1.165, 1.54) is 12.8 Å². The summed E-state index contributed by atoms with van der Waals surface area (Å²) in [6.07, 6.45) is 2.40. The van der Waals surface area contributed by atoms with Crippen molar-refractivity contribution in [2.45, 2.75) is 25.7 Å². The number of hydrogen-bond acceptors (Lipinski definition) is 4. The molecule has 4 rings (SSSR count). The van der Waals surface area contributed by atoms with Gasteiger partial charge < -0.3 is 5.73 Å². The van der Waals surface area contributed by atoms with Crippen molar-refractivity contribution in [2.24, 2.45) is 0 Å². The summed E-state index contributed by atoms with van der Waals surface area (Å²) in [5, 5.41) is 1.07. The molecule has 2 N–H and O–H groups in total. The Kier molecular flexibility index (Phi) is 2.64. The Bertz CT molecular complexity index is 837. The van der Waals surface area contributed by atoms with Crippen molar-refractivity contribution in [1.82, 2.24) is 15.0 Å². The minimum Gasteiger partial charge on any atom is -0.384 e. The number of fused-ring (bicyclic) bond motifs is 1. The fourth-order valence-electron chi connectivity index (χ4n) is 2.69. The summed E-state index contributed by atoms with van der Waals surface area (Å²) in [4.78, 5) is 13.7. The largest absolute Gasteiger partial charge is 0.384 e. The van der Waals surface area contributed by atoms with Gasteiger partial charge in [0.1, 0.15) is 5.82 Å². The maximum atomic E-state index is 5.98. The maximum Gasteiger partial charge on any atom is 0.162 e. The van der Waals surface area contributed by atoms with Crippen molar-refractivity contribution in [3.05, 3.63) is 47.8 Å². The van der Waals surface area contributed by atoms with E-state index in [1.807, 2.05) is 37.3 Å². The average molecular weight is 276 g/mol. The number of nitrogen functional groups attached to an aromatic ring is 1. The number of hydrogen-bond donors (Lipinski definition) is 1. The van der Waals surface area contributed by atoms with E-state index in [0.29, 0.717) is 17.6 Å². The van der Waals surface area contributed by atoms with Crippen LogP contribution in [0.5, 0.6) is 0 Å². The van der Waals surface area contributed by atoms with Crippen LogP contribution < -0.4 is 5.73 Å². The van der Waals surface area contributed by atoms with Gasteiger partial charge in [0.2, 0.25) is 0 Å². The highest BCUT2D eigenvalue weighted by molar-refractivity contribution is 5.93. The number of rotatable bonds is 2. The minimum atomic E-state index is 0.542. The molecule has 0 amide bonds. The molecule has 1 aliphatic carbocycles. The molecule has 4 heteroatoms. The zero-order valence-corrected chi connectivity index (χ0v) is 11.9. The second kappa shape index (κ2) is 4.52. The first kappa shape index (κ1) is 12.3. The van der Waals surface area contributed by atoms with Gasteiger partial charge in [0.05, 0.1) is 5.52 Å². The Hall–Kier alpha value is -2.49. The van der Waals surface area contributed by atoms with Gasteiger partial charge in [-0.25, -0.2) is 9.97 Å². The van der Waals surface area contributed by atoms with Crippen LogP contribution in [0.25, 0.3) is 22.3 Å². The van der Waals surface area contributed by atoms with Crippen LogP contribution in [0, 0.1) is 6.92 Å². The molecule has 3 aromatic rings. The fraction of sp³-hybridized carbons (Fsp3) is 0.235. The number of pyridine rings is 1. The smallest absolute Gasteiger partial charge is 0.162 e. The van der Waals surface area contributed by atoms with Crippen molar-refractivity contribution in [2.75, 3.05) is 5.73 Å². The number of nitrogens with two attached hydrogens (primary N) is 1. The first-order chi connectivity index (χ1) is 10.2. The number of nitrogens with zero attached hydrogens (tertiary/aromatic N) is 3. The predicted molar refractivity (Wildman–Crippen MR) is 83.9 cm³/mol. The summed E-state index contributed by atoms with van der Waals surface area (Å²) < 4.78 is 0. The lowest BCUT2D eigenvalue weighted by molar-refractivity contribution is 0.998. The molecule has 0 aliphatic heterocycles. The van der Waals surface area contributed by atoms with Crippen LogP contribution in [0.3, 0.4) is 0 Å². The molecule has 0 radical (unpaired) electrons. The molecule has 21 heavy (non-hydrogen) atoms. The fourth-order valence-corrected chi connectivity index (χ4v) is 2.69. The molecule has 1 saturated carbocycles. The van der Waals surface area contributed by atoms with E-state index in [0.717, 1.165) is 27.9 Å². The molecule has 0 atom stereocenters.